The first-order valence-corrected chi connectivity index (χ1v) is 5.52. The fraction of sp³-hybridized carbons (Fsp3) is 0.500. The van der Waals surface area contributed by atoms with Crippen molar-refractivity contribution >= 4 is 40.6 Å². The van der Waals surface area contributed by atoms with Crippen LogP contribution in [0.5, 0.6) is 0 Å². The van der Waals surface area contributed by atoms with Crippen molar-refractivity contribution in [2.24, 2.45) is 0 Å². The maximum absolute atomic E-state index is 11.2. The van der Waals surface area contributed by atoms with Gasteiger partial charge >= 0.3 is 0 Å². The van der Waals surface area contributed by atoms with Gasteiger partial charge in [-0.25, -0.2) is 0 Å². The molecule has 2 aliphatic heterocycles. The van der Waals surface area contributed by atoms with Gasteiger partial charge in [-0.3, -0.25) is 19.7 Å². The van der Waals surface area contributed by atoms with Crippen LogP contribution in [0.25, 0.3) is 0 Å². The molecule has 2 fully saturated rings. The zero-order valence-electron chi connectivity index (χ0n) is 6.40. The van der Waals surface area contributed by atoms with E-state index in [1.54, 1.807) is 0 Å². The maximum atomic E-state index is 11.2. The molecule has 13 heavy (non-hydrogen) atoms. The van der Waals surface area contributed by atoms with E-state index in [0.29, 0.717) is 5.75 Å². The van der Waals surface area contributed by atoms with Crippen LogP contribution in [0.3, 0.4) is 0 Å². The summed E-state index contributed by atoms with van der Waals surface area (Å²) in [6, 6.07) is 0. The van der Waals surface area contributed by atoms with Gasteiger partial charge in [-0.05, 0) is 11.8 Å². The zero-order valence-corrected chi connectivity index (χ0v) is 8.04. The predicted octanol–water partition coefficient (Wildman–Crippen LogP) is -0.473. The van der Waals surface area contributed by atoms with Crippen LogP contribution in [0.2, 0.25) is 0 Å². The molecule has 70 valence electrons. The molecule has 0 spiro atoms. The van der Waals surface area contributed by atoms with Crippen LogP contribution in [0.15, 0.2) is 0 Å². The molecule has 0 saturated carbocycles. The summed E-state index contributed by atoms with van der Waals surface area (Å²) in [5, 5.41) is 3.75. The minimum Gasteiger partial charge on any atom is -0.342 e. The molecule has 2 aliphatic rings. The fourth-order valence-electron chi connectivity index (χ4n) is 1.14. The molecule has 0 aromatic heterocycles. The van der Waals surface area contributed by atoms with Crippen molar-refractivity contribution in [2.75, 3.05) is 5.75 Å². The molecule has 2 atom stereocenters. The summed E-state index contributed by atoms with van der Waals surface area (Å²) in [7, 11) is 0. The topological polar surface area (TPSA) is 75.3 Å². The summed E-state index contributed by atoms with van der Waals surface area (Å²) in [6.07, 6.45) is 0. The molecule has 0 bridgehead atoms. The summed E-state index contributed by atoms with van der Waals surface area (Å²) < 4.78 is 0. The Balaban J connectivity index is 2.05. The summed E-state index contributed by atoms with van der Waals surface area (Å²) in [6.45, 7) is 0. The third-order valence-corrected chi connectivity index (χ3v) is 4.10. The van der Waals surface area contributed by atoms with Crippen LogP contribution in [0, 0.1) is 0 Å². The highest BCUT2D eigenvalue weighted by atomic mass is 32.2. The largest absolute Gasteiger partial charge is 0.342 e. The fourth-order valence-corrected chi connectivity index (χ4v) is 3.22. The van der Waals surface area contributed by atoms with Gasteiger partial charge in [0.2, 0.25) is 11.8 Å². The van der Waals surface area contributed by atoms with Gasteiger partial charge in [0.15, 0.2) is 0 Å². The molecule has 2 unspecified atom stereocenters. The van der Waals surface area contributed by atoms with Crippen molar-refractivity contribution in [1.29, 1.82) is 0 Å². The summed E-state index contributed by atoms with van der Waals surface area (Å²) in [5.74, 6) is -0.0270. The monoisotopic (exact) mass is 218 g/mol. The number of imide groups is 1. The number of nitrogens with one attached hydrogen (secondary N) is 2. The molecular weight excluding hydrogens is 212 g/mol. The molecular formula is C6H6N2O3S2. The summed E-state index contributed by atoms with van der Waals surface area (Å²) >= 11 is 2.30. The lowest BCUT2D eigenvalue weighted by atomic mass is 10.4. The molecule has 2 rings (SSSR count). The van der Waals surface area contributed by atoms with Gasteiger partial charge in [-0.2, -0.15) is 0 Å². The van der Waals surface area contributed by atoms with Gasteiger partial charge in [-0.1, -0.05) is 0 Å². The van der Waals surface area contributed by atoms with Crippen LogP contribution in [0.4, 0.5) is 4.79 Å². The number of hydrogen-bond acceptors (Lipinski definition) is 5. The molecule has 2 heterocycles. The van der Waals surface area contributed by atoms with E-state index in [2.05, 4.69) is 10.6 Å². The minimum absolute atomic E-state index is 0.0808. The first-order valence-electron chi connectivity index (χ1n) is 3.59. The second kappa shape index (κ2) is 3.22. The SMILES string of the molecule is O=C1CSC(C2SC(=O)NC2=O)N1. The van der Waals surface area contributed by atoms with E-state index in [-0.39, 0.29) is 22.4 Å². The highest BCUT2D eigenvalue weighted by Crippen LogP contribution is 2.30. The molecule has 7 heteroatoms. The average molecular weight is 218 g/mol. The van der Waals surface area contributed by atoms with Crippen LogP contribution in [0.1, 0.15) is 0 Å². The summed E-state index contributed by atoms with van der Waals surface area (Å²) in [4.78, 5) is 32.8. The van der Waals surface area contributed by atoms with Crippen LogP contribution >= 0.6 is 23.5 Å². The molecule has 0 aromatic carbocycles. The minimum atomic E-state index is -0.469. The van der Waals surface area contributed by atoms with Gasteiger partial charge in [0.25, 0.3) is 5.24 Å². The first-order chi connectivity index (χ1) is 6.16. The standard InChI is InChI=1S/C6H6N2O3S2/c9-2-1-12-5(7-2)3-4(10)8-6(11)13-3/h3,5H,1H2,(H,7,9)(H,8,10,11). The van der Waals surface area contributed by atoms with Crippen molar-refractivity contribution < 1.29 is 14.4 Å². The Kier molecular flexibility index (Phi) is 2.20. The smallest absolute Gasteiger partial charge is 0.286 e. The lowest BCUT2D eigenvalue weighted by molar-refractivity contribution is -0.119. The zero-order chi connectivity index (χ0) is 9.42. The van der Waals surface area contributed by atoms with Crippen LogP contribution < -0.4 is 10.6 Å². The second-order valence-corrected chi connectivity index (χ2v) is 4.86. The maximum Gasteiger partial charge on any atom is 0.286 e. The third-order valence-electron chi connectivity index (χ3n) is 1.69. The Labute approximate surface area is 82.4 Å². The number of carbonyl (C=O) groups excluding carboxylic acids is 3. The molecule has 3 amide bonds. The Hall–Kier alpha value is -0.690. The Morgan fingerprint density at radius 1 is 1.31 bits per heavy atom. The van der Waals surface area contributed by atoms with Gasteiger partial charge in [0.1, 0.15) is 5.25 Å². The molecule has 0 aliphatic carbocycles. The second-order valence-electron chi connectivity index (χ2n) is 2.61. The number of rotatable bonds is 1. The lowest BCUT2D eigenvalue weighted by Gasteiger charge is -2.11. The predicted molar refractivity (Wildman–Crippen MR) is 49.3 cm³/mol. The van der Waals surface area contributed by atoms with Gasteiger partial charge < -0.3 is 5.32 Å². The quantitative estimate of drug-likeness (QED) is 0.622. The van der Waals surface area contributed by atoms with E-state index in [9.17, 15) is 14.4 Å². The number of thioether (sulfide) groups is 2. The molecule has 0 aromatic rings. The van der Waals surface area contributed by atoms with E-state index in [1.165, 1.54) is 11.8 Å². The Bertz CT molecular complexity index is 294. The molecule has 2 N–H and O–H groups in total. The Morgan fingerprint density at radius 2 is 2.08 bits per heavy atom. The molecule has 5 nitrogen and oxygen atoms in total. The van der Waals surface area contributed by atoms with E-state index in [4.69, 9.17) is 0 Å². The molecule has 2 saturated heterocycles. The van der Waals surface area contributed by atoms with E-state index in [0.717, 1.165) is 11.8 Å². The third kappa shape index (κ3) is 1.66. The van der Waals surface area contributed by atoms with E-state index >= 15 is 0 Å². The highest BCUT2D eigenvalue weighted by molar-refractivity contribution is 8.16. The van der Waals surface area contributed by atoms with Crippen LogP contribution in [-0.4, -0.2) is 33.4 Å². The van der Waals surface area contributed by atoms with E-state index < -0.39 is 5.25 Å². The number of hydrogen-bond donors (Lipinski definition) is 2. The highest BCUT2D eigenvalue weighted by Gasteiger charge is 2.41. The molecule has 0 radical (unpaired) electrons. The van der Waals surface area contributed by atoms with Crippen molar-refractivity contribution in [2.45, 2.75) is 10.6 Å². The van der Waals surface area contributed by atoms with Crippen molar-refractivity contribution in [3.8, 4) is 0 Å². The normalized spacial score (nSPS) is 33.4. The van der Waals surface area contributed by atoms with Gasteiger partial charge in [-0.15, -0.1) is 11.8 Å². The van der Waals surface area contributed by atoms with Gasteiger partial charge in [0.05, 0.1) is 11.1 Å². The van der Waals surface area contributed by atoms with Crippen LogP contribution in [-0.2, 0) is 9.59 Å². The lowest BCUT2D eigenvalue weighted by Crippen LogP contribution is -2.38. The van der Waals surface area contributed by atoms with Crippen molar-refractivity contribution in [1.82, 2.24) is 10.6 Å². The summed E-state index contributed by atoms with van der Waals surface area (Å²) in [5.41, 5.74) is 0. The number of carbonyl (C=O) groups is 3. The average Bonchev–Trinajstić information content (AvgIpc) is 2.58. The van der Waals surface area contributed by atoms with Crippen molar-refractivity contribution in [3.63, 3.8) is 0 Å². The number of amides is 3. The Morgan fingerprint density at radius 3 is 2.54 bits per heavy atom. The van der Waals surface area contributed by atoms with Crippen molar-refractivity contribution in [3.05, 3.63) is 0 Å². The van der Waals surface area contributed by atoms with E-state index in [1.807, 2.05) is 0 Å². The first kappa shape index (κ1) is 8.89. The van der Waals surface area contributed by atoms with Gasteiger partial charge in [0, 0.05) is 0 Å².